The maximum Gasteiger partial charge on any atom is 0.210 e. The highest BCUT2D eigenvalue weighted by Gasteiger charge is 2.48. The van der Waals surface area contributed by atoms with Crippen molar-refractivity contribution < 1.29 is 9.90 Å². The fraction of sp³-hybridized carbons (Fsp3) is 0.900. The Morgan fingerprint density at radius 3 is 2.93 bits per heavy atom. The van der Waals surface area contributed by atoms with Gasteiger partial charge in [-0.1, -0.05) is 12.8 Å². The van der Waals surface area contributed by atoms with E-state index in [1.54, 1.807) is 4.90 Å². The van der Waals surface area contributed by atoms with Crippen molar-refractivity contribution in [1.29, 1.82) is 0 Å². The predicted octanol–water partition coefficient (Wildman–Crippen LogP) is -0.151. The fourth-order valence-corrected chi connectivity index (χ4v) is 2.87. The van der Waals surface area contributed by atoms with Crippen molar-refractivity contribution in [3.8, 4) is 0 Å². The Kier molecular flexibility index (Phi) is 2.49. The molecular formula is C10H18N2O2. The second-order valence-electron chi connectivity index (χ2n) is 4.49. The number of likely N-dealkylation sites (tertiary alicyclic amines) is 1. The van der Waals surface area contributed by atoms with E-state index < -0.39 is 5.60 Å². The third kappa shape index (κ3) is 1.33. The first-order chi connectivity index (χ1) is 6.68. The smallest absolute Gasteiger partial charge is 0.210 e. The van der Waals surface area contributed by atoms with Crippen molar-refractivity contribution in [2.45, 2.75) is 49.8 Å². The van der Waals surface area contributed by atoms with Crippen LogP contribution >= 0.6 is 0 Å². The number of amides is 1. The molecule has 1 amide bonds. The highest BCUT2D eigenvalue weighted by Crippen LogP contribution is 2.37. The van der Waals surface area contributed by atoms with E-state index in [1.165, 1.54) is 0 Å². The standard InChI is InChI=1S/C10H18N2O2/c11-8-4-6-12(7-13)9-3-1-2-5-10(8,9)14/h7-9,14H,1-6,11H2. The van der Waals surface area contributed by atoms with Crippen molar-refractivity contribution in [2.75, 3.05) is 6.54 Å². The summed E-state index contributed by atoms with van der Waals surface area (Å²) < 4.78 is 0. The molecule has 3 N–H and O–H groups in total. The number of carbonyl (C=O) groups excluding carboxylic acids is 1. The van der Waals surface area contributed by atoms with Crippen molar-refractivity contribution in [3.05, 3.63) is 0 Å². The van der Waals surface area contributed by atoms with E-state index in [0.29, 0.717) is 13.0 Å². The Morgan fingerprint density at radius 1 is 1.43 bits per heavy atom. The zero-order chi connectivity index (χ0) is 10.2. The quantitative estimate of drug-likeness (QED) is 0.576. The van der Waals surface area contributed by atoms with Gasteiger partial charge >= 0.3 is 0 Å². The molecule has 0 aromatic rings. The molecule has 1 saturated heterocycles. The molecule has 80 valence electrons. The van der Waals surface area contributed by atoms with E-state index in [9.17, 15) is 9.90 Å². The van der Waals surface area contributed by atoms with Crippen LogP contribution in [-0.2, 0) is 4.79 Å². The second kappa shape index (κ2) is 3.51. The number of nitrogens with zero attached hydrogens (tertiary/aromatic N) is 1. The molecular weight excluding hydrogens is 180 g/mol. The number of hydrogen-bond acceptors (Lipinski definition) is 3. The minimum atomic E-state index is -0.822. The molecule has 0 bridgehead atoms. The van der Waals surface area contributed by atoms with Gasteiger partial charge in [0.25, 0.3) is 0 Å². The average Bonchev–Trinajstić information content (AvgIpc) is 2.20. The lowest BCUT2D eigenvalue weighted by molar-refractivity contribution is -0.143. The van der Waals surface area contributed by atoms with Crippen LogP contribution in [-0.4, -0.2) is 40.6 Å². The number of carbonyl (C=O) groups is 1. The molecule has 3 unspecified atom stereocenters. The molecule has 0 aromatic heterocycles. The summed E-state index contributed by atoms with van der Waals surface area (Å²) in [7, 11) is 0. The fourth-order valence-electron chi connectivity index (χ4n) is 2.87. The summed E-state index contributed by atoms with van der Waals surface area (Å²) in [6, 6.07) is -0.207. The summed E-state index contributed by atoms with van der Waals surface area (Å²) >= 11 is 0. The number of nitrogens with two attached hydrogens (primary N) is 1. The maximum atomic E-state index is 10.8. The minimum Gasteiger partial charge on any atom is -0.386 e. The lowest BCUT2D eigenvalue weighted by atomic mass is 9.72. The first kappa shape index (κ1) is 9.93. The van der Waals surface area contributed by atoms with Crippen molar-refractivity contribution >= 4 is 6.41 Å². The number of hydrogen-bond donors (Lipinski definition) is 2. The molecule has 1 saturated carbocycles. The van der Waals surface area contributed by atoms with Crippen LogP contribution in [0, 0.1) is 0 Å². The van der Waals surface area contributed by atoms with Crippen LogP contribution < -0.4 is 5.73 Å². The first-order valence-electron chi connectivity index (χ1n) is 5.37. The molecule has 0 aromatic carbocycles. The summed E-state index contributed by atoms with van der Waals surface area (Å²) in [5.41, 5.74) is 5.13. The van der Waals surface area contributed by atoms with Gasteiger partial charge in [0.15, 0.2) is 0 Å². The molecule has 4 heteroatoms. The Labute approximate surface area is 84.1 Å². The number of rotatable bonds is 1. The predicted molar refractivity (Wildman–Crippen MR) is 52.6 cm³/mol. The lowest BCUT2D eigenvalue weighted by Crippen LogP contribution is -2.67. The van der Waals surface area contributed by atoms with Gasteiger partial charge in [-0.15, -0.1) is 0 Å². The average molecular weight is 198 g/mol. The Morgan fingerprint density at radius 2 is 2.21 bits per heavy atom. The third-order valence-electron chi connectivity index (χ3n) is 3.76. The third-order valence-corrected chi connectivity index (χ3v) is 3.76. The van der Waals surface area contributed by atoms with Gasteiger partial charge in [0.05, 0.1) is 6.04 Å². The molecule has 0 radical (unpaired) electrons. The minimum absolute atomic E-state index is 0.0440. The summed E-state index contributed by atoms with van der Waals surface area (Å²) in [6.45, 7) is 0.692. The van der Waals surface area contributed by atoms with Gasteiger partial charge in [-0.2, -0.15) is 0 Å². The topological polar surface area (TPSA) is 66.6 Å². The van der Waals surface area contributed by atoms with Gasteiger partial charge < -0.3 is 15.7 Å². The van der Waals surface area contributed by atoms with Crippen LogP contribution in [0.15, 0.2) is 0 Å². The van der Waals surface area contributed by atoms with E-state index in [-0.39, 0.29) is 12.1 Å². The molecule has 0 spiro atoms. The van der Waals surface area contributed by atoms with E-state index in [0.717, 1.165) is 32.1 Å². The molecule has 2 fully saturated rings. The molecule has 1 aliphatic heterocycles. The molecule has 1 heterocycles. The van der Waals surface area contributed by atoms with Gasteiger partial charge in [0.2, 0.25) is 6.41 Å². The van der Waals surface area contributed by atoms with E-state index in [2.05, 4.69) is 0 Å². The van der Waals surface area contributed by atoms with Crippen molar-refractivity contribution in [2.24, 2.45) is 5.73 Å². The molecule has 4 nitrogen and oxygen atoms in total. The number of aliphatic hydroxyl groups is 1. The monoisotopic (exact) mass is 198 g/mol. The molecule has 1 aliphatic carbocycles. The van der Waals surface area contributed by atoms with Crippen molar-refractivity contribution in [1.82, 2.24) is 4.90 Å². The Bertz CT molecular complexity index is 234. The van der Waals surface area contributed by atoms with Gasteiger partial charge in [0.1, 0.15) is 5.60 Å². The van der Waals surface area contributed by atoms with E-state index >= 15 is 0 Å². The molecule has 3 atom stereocenters. The Balaban J connectivity index is 2.22. The van der Waals surface area contributed by atoms with Gasteiger partial charge in [0, 0.05) is 12.6 Å². The normalized spacial score (nSPS) is 43.1. The van der Waals surface area contributed by atoms with Crippen LogP contribution in [0.3, 0.4) is 0 Å². The van der Waals surface area contributed by atoms with Crippen LogP contribution in [0.2, 0.25) is 0 Å². The van der Waals surface area contributed by atoms with E-state index in [4.69, 9.17) is 5.73 Å². The second-order valence-corrected chi connectivity index (χ2v) is 4.49. The molecule has 2 rings (SSSR count). The first-order valence-corrected chi connectivity index (χ1v) is 5.37. The largest absolute Gasteiger partial charge is 0.386 e. The van der Waals surface area contributed by atoms with Crippen LogP contribution in [0.25, 0.3) is 0 Å². The van der Waals surface area contributed by atoms with Crippen LogP contribution in [0.4, 0.5) is 0 Å². The van der Waals surface area contributed by atoms with Crippen LogP contribution in [0.5, 0.6) is 0 Å². The SMILES string of the molecule is NC1CCN(C=O)C2CCCCC12O. The maximum absolute atomic E-state index is 10.8. The van der Waals surface area contributed by atoms with Gasteiger partial charge in [-0.05, 0) is 19.3 Å². The number of piperidine rings is 1. The molecule has 2 aliphatic rings. The lowest BCUT2D eigenvalue weighted by Gasteiger charge is -2.51. The summed E-state index contributed by atoms with van der Waals surface area (Å²) in [6.07, 6.45) is 5.31. The van der Waals surface area contributed by atoms with Crippen LogP contribution in [0.1, 0.15) is 32.1 Å². The summed E-state index contributed by atoms with van der Waals surface area (Å²) in [4.78, 5) is 12.6. The Hall–Kier alpha value is -0.610. The summed E-state index contributed by atoms with van der Waals surface area (Å²) in [5.74, 6) is 0. The van der Waals surface area contributed by atoms with E-state index in [1.807, 2.05) is 0 Å². The van der Waals surface area contributed by atoms with Gasteiger partial charge in [-0.25, -0.2) is 0 Å². The summed E-state index contributed by atoms with van der Waals surface area (Å²) in [5, 5.41) is 10.4. The number of fused-ring (bicyclic) bond motifs is 1. The zero-order valence-electron chi connectivity index (χ0n) is 8.35. The molecule has 14 heavy (non-hydrogen) atoms. The van der Waals surface area contributed by atoms with Crippen molar-refractivity contribution in [3.63, 3.8) is 0 Å². The highest BCUT2D eigenvalue weighted by atomic mass is 16.3. The highest BCUT2D eigenvalue weighted by molar-refractivity contribution is 5.49. The zero-order valence-corrected chi connectivity index (χ0v) is 8.35. The van der Waals surface area contributed by atoms with Gasteiger partial charge in [-0.3, -0.25) is 4.79 Å².